The predicted molar refractivity (Wildman–Crippen MR) is 61.5 cm³/mol. The molecular formula is C12H14F6N2O2. The quantitative estimate of drug-likeness (QED) is 0.687. The molecule has 0 saturated carbocycles. The van der Waals surface area contributed by atoms with Gasteiger partial charge in [0.1, 0.15) is 0 Å². The minimum Gasteiger partial charge on any atom is -0.345 e. The van der Waals surface area contributed by atoms with E-state index in [-0.39, 0.29) is 18.9 Å². The molecule has 0 aromatic rings. The average molecular weight is 332 g/mol. The summed E-state index contributed by atoms with van der Waals surface area (Å²) in [6.07, 6.45) is -12.4. The van der Waals surface area contributed by atoms with Crippen LogP contribution >= 0.6 is 0 Å². The topological polar surface area (TPSA) is 40.6 Å². The molecule has 2 fully saturated rings. The molecule has 0 aromatic carbocycles. The van der Waals surface area contributed by atoms with Gasteiger partial charge in [0.2, 0.25) is 11.8 Å². The number of halogens is 6. The van der Waals surface area contributed by atoms with Gasteiger partial charge in [0.05, 0.1) is 5.92 Å². The first-order valence-electron chi connectivity index (χ1n) is 6.55. The number of hydrogen-bond donors (Lipinski definition) is 0. The fourth-order valence-corrected chi connectivity index (χ4v) is 2.91. The summed E-state index contributed by atoms with van der Waals surface area (Å²) in [6.45, 7) is -2.04. The number of nitrogens with zero attached hydrogens (tertiary/aromatic N) is 2. The van der Waals surface area contributed by atoms with Gasteiger partial charge in [0.15, 0.2) is 5.41 Å². The predicted octanol–water partition coefficient (Wildman–Crippen LogP) is 1.81. The first-order chi connectivity index (χ1) is 9.89. The van der Waals surface area contributed by atoms with E-state index in [4.69, 9.17) is 0 Å². The van der Waals surface area contributed by atoms with Crippen LogP contribution in [0.2, 0.25) is 0 Å². The highest BCUT2D eigenvalue weighted by Crippen LogP contribution is 2.55. The summed E-state index contributed by atoms with van der Waals surface area (Å²) < 4.78 is 77.6. The van der Waals surface area contributed by atoms with Crippen LogP contribution in [-0.4, -0.2) is 60.6 Å². The molecule has 2 amide bonds. The van der Waals surface area contributed by atoms with Crippen molar-refractivity contribution in [1.82, 2.24) is 9.80 Å². The van der Waals surface area contributed by atoms with Crippen LogP contribution in [-0.2, 0) is 9.59 Å². The summed E-state index contributed by atoms with van der Waals surface area (Å²) in [5.74, 6) is -2.06. The Hall–Kier alpha value is -1.48. The number of likely N-dealkylation sites (tertiary alicyclic amines) is 2. The van der Waals surface area contributed by atoms with E-state index in [1.807, 2.05) is 0 Å². The Morgan fingerprint density at radius 1 is 1.18 bits per heavy atom. The zero-order chi connectivity index (χ0) is 16.9. The van der Waals surface area contributed by atoms with E-state index in [0.29, 0.717) is 4.90 Å². The summed E-state index contributed by atoms with van der Waals surface area (Å²) in [6, 6.07) is 0. The van der Waals surface area contributed by atoms with Crippen LogP contribution in [0.1, 0.15) is 12.8 Å². The third kappa shape index (κ3) is 2.52. The van der Waals surface area contributed by atoms with Crippen LogP contribution in [0.15, 0.2) is 0 Å². The van der Waals surface area contributed by atoms with Crippen LogP contribution in [0.3, 0.4) is 0 Å². The molecule has 0 radical (unpaired) electrons. The van der Waals surface area contributed by atoms with Crippen molar-refractivity contribution in [1.29, 1.82) is 0 Å². The third-order valence-electron chi connectivity index (χ3n) is 4.36. The van der Waals surface area contributed by atoms with E-state index >= 15 is 0 Å². The summed E-state index contributed by atoms with van der Waals surface area (Å²) >= 11 is 0. The molecule has 2 heterocycles. The zero-order valence-electron chi connectivity index (χ0n) is 11.6. The number of hydrogen-bond acceptors (Lipinski definition) is 2. The Balaban J connectivity index is 2.17. The van der Waals surface area contributed by atoms with E-state index in [9.17, 15) is 35.9 Å². The largest absolute Gasteiger partial charge is 0.404 e. The maximum atomic E-state index is 12.9. The molecule has 0 N–H and O–H groups in total. The van der Waals surface area contributed by atoms with Gasteiger partial charge in [-0.1, -0.05) is 0 Å². The summed E-state index contributed by atoms with van der Waals surface area (Å²) in [5.41, 5.74) is -3.88. The number of amides is 2. The number of alkyl halides is 6. The molecule has 2 rings (SSSR count). The second-order valence-corrected chi connectivity index (χ2v) is 5.76. The lowest BCUT2D eigenvalue weighted by atomic mass is 9.85. The first kappa shape index (κ1) is 16.9. The van der Waals surface area contributed by atoms with Gasteiger partial charge in [-0.2, -0.15) is 26.3 Å². The molecule has 1 unspecified atom stereocenters. The van der Waals surface area contributed by atoms with Crippen molar-refractivity contribution in [3.63, 3.8) is 0 Å². The van der Waals surface area contributed by atoms with E-state index in [0.717, 1.165) is 0 Å². The number of carbonyl (C=O) groups is 2. The zero-order valence-corrected chi connectivity index (χ0v) is 11.6. The van der Waals surface area contributed by atoms with E-state index in [2.05, 4.69) is 0 Å². The molecule has 4 nitrogen and oxygen atoms in total. The Bertz CT molecular complexity index is 473. The Morgan fingerprint density at radius 2 is 1.73 bits per heavy atom. The molecule has 2 aliphatic rings. The van der Waals surface area contributed by atoms with Crippen LogP contribution in [0.5, 0.6) is 0 Å². The Kier molecular flexibility index (Phi) is 3.85. The minimum atomic E-state index is -5.48. The van der Waals surface area contributed by atoms with Crippen LogP contribution in [0.4, 0.5) is 26.3 Å². The fourth-order valence-electron chi connectivity index (χ4n) is 2.91. The van der Waals surface area contributed by atoms with Crippen molar-refractivity contribution in [3.05, 3.63) is 0 Å². The van der Waals surface area contributed by atoms with Crippen LogP contribution < -0.4 is 0 Å². The molecule has 0 aliphatic carbocycles. The molecule has 10 heteroatoms. The highest BCUT2D eigenvalue weighted by Gasteiger charge is 2.73. The Morgan fingerprint density at radius 3 is 2.09 bits per heavy atom. The van der Waals surface area contributed by atoms with Crippen LogP contribution in [0, 0.1) is 11.3 Å². The molecular weight excluding hydrogens is 318 g/mol. The monoisotopic (exact) mass is 332 g/mol. The second kappa shape index (κ2) is 5.02. The van der Waals surface area contributed by atoms with Crippen LogP contribution in [0.25, 0.3) is 0 Å². The van der Waals surface area contributed by atoms with Crippen molar-refractivity contribution in [3.8, 4) is 0 Å². The maximum Gasteiger partial charge on any atom is 0.404 e. The molecule has 2 saturated heterocycles. The molecule has 126 valence electrons. The molecule has 0 bridgehead atoms. The SMILES string of the molecule is CN1CC(C(=O)N2CCC(C(F)(F)F)(C(F)(F)F)C2)CC1=O. The lowest BCUT2D eigenvalue weighted by Gasteiger charge is -2.33. The van der Waals surface area contributed by atoms with Crippen molar-refractivity contribution in [2.24, 2.45) is 11.3 Å². The smallest absolute Gasteiger partial charge is 0.345 e. The average Bonchev–Trinajstić information content (AvgIpc) is 2.93. The van der Waals surface area contributed by atoms with Gasteiger partial charge < -0.3 is 9.80 Å². The van der Waals surface area contributed by atoms with Gasteiger partial charge in [0, 0.05) is 33.1 Å². The standard InChI is InChI=1S/C12H14F6N2O2/c1-19-5-7(4-8(19)21)9(22)20-3-2-10(6-20,11(13,14)15)12(16,17)18/h7H,2-6H2,1H3. The normalized spacial score (nSPS) is 26.0. The van der Waals surface area contributed by atoms with Gasteiger partial charge in [0.25, 0.3) is 0 Å². The lowest BCUT2D eigenvalue weighted by molar-refractivity contribution is -0.334. The summed E-state index contributed by atoms with van der Waals surface area (Å²) in [7, 11) is 1.43. The minimum absolute atomic E-state index is 0.0131. The maximum absolute atomic E-state index is 12.9. The van der Waals surface area contributed by atoms with Crippen molar-refractivity contribution in [2.45, 2.75) is 25.2 Å². The molecule has 0 aromatic heterocycles. The highest BCUT2D eigenvalue weighted by molar-refractivity contribution is 5.89. The number of carbonyl (C=O) groups excluding carboxylic acids is 2. The van der Waals surface area contributed by atoms with Crippen molar-refractivity contribution >= 4 is 11.8 Å². The summed E-state index contributed by atoms with van der Waals surface area (Å²) in [4.78, 5) is 25.3. The van der Waals surface area contributed by atoms with Gasteiger partial charge in [-0.3, -0.25) is 9.59 Å². The first-order valence-corrected chi connectivity index (χ1v) is 6.55. The Labute approximate surface area is 122 Å². The molecule has 22 heavy (non-hydrogen) atoms. The summed E-state index contributed by atoms with van der Waals surface area (Å²) in [5, 5.41) is 0. The number of rotatable bonds is 1. The van der Waals surface area contributed by atoms with E-state index in [1.165, 1.54) is 11.9 Å². The highest BCUT2D eigenvalue weighted by atomic mass is 19.4. The molecule has 0 spiro atoms. The molecule has 1 atom stereocenters. The molecule has 2 aliphatic heterocycles. The van der Waals surface area contributed by atoms with Gasteiger partial charge in [-0.05, 0) is 6.42 Å². The second-order valence-electron chi connectivity index (χ2n) is 5.76. The fraction of sp³-hybridized carbons (Fsp3) is 0.833. The van der Waals surface area contributed by atoms with Gasteiger partial charge in [-0.15, -0.1) is 0 Å². The van der Waals surface area contributed by atoms with E-state index in [1.54, 1.807) is 0 Å². The van der Waals surface area contributed by atoms with Gasteiger partial charge in [-0.25, -0.2) is 0 Å². The van der Waals surface area contributed by atoms with Crippen molar-refractivity contribution < 1.29 is 35.9 Å². The van der Waals surface area contributed by atoms with E-state index < -0.39 is 49.1 Å². The van der Waals surface area contributed by atoms with Gasteiger partial charge >= 0.3 is 12.4 Å². The lowest BCUT2D eigenvalue weighted by Crippen LogP contribution is -2.52. The third-order valence-corrected chi connectivity index (χ3v) is 4.36. The van der Waals surface area contributed by atoms with Crippen molar-refractivity contribution in [2.75, 3.05) is 26.7 Å².